The summed E-state index contributed by atoms with van der Waals surface area (Å²) in [5.74, 6) is -0.113. The molecule has 3 nitrogen and oxygen atoms in total. The molecule has 0 bridgehead atoms. The van der Waals surface area contributed by atoms with Crippen LogP contribution in [0.4, 0.5) is 19.0 Å². The Bertz CT molecular complexity index is 671. The molecule has 1 aromatic heterocycles. The first-order chi connectivity index (χ1) is 10.3. The first-order valence-electron chi connectivity index (χ1n) is 6.45. The molecular formula is C15H15F3N2OS. The van der Waals surface area contributed by atoms with E-state index >= 15 is 0 Å². The topological polar surface area (TPSA) is 33.2 Å². The summed E-state index contributed by atoms with van der Waals surface area (Å²) in [6.07, 6.45) is -1.53. The minimum absolute atomic E-state index is 0.113. The van der Waals surface area contributed by atoms with Gasteiger partial charge in [0.05, 0.1) is 5.56 Å². The fraction of sp³-hybridized carbons (Fsp3) is 0.267. The molecule has 0 unspecified atom stereocenters. The predicted molar refractivity (Wildman–Crippen MR) is 80.1 cm³/mol. The highest BCUT2D eigenvalue weighted by molar-refractivity contribution is 7.84. The molecule has 2 rings (SSSR count). The Morgan fingerprint density at radius 1 is 1.18 bits per heavy atom. The number of pyridine rings is 1. The molecular weight excluding hydrogens is 313 g/mol. The molecule has 1 atom stereocenters. The van der Waals surface area contributed by atoms with Crippen molar-refractivity contribution >= 4 is 16.6 Å². The largest absolute Gasteiger partial charge is 0.419 e. The Labute approximate surface area is 129 Å². The average Bonchev–Trinajstić information content (AvgIpc) is 2.47. The van der Waals surface area contributed by atoms with Gasteiger partial charge in [-0.3, -0.25) is 4.21 Å². The van der Waals surface area contributed by atoms with Crippen molar-refractivity contribution in [3.8, 4) is 0 Å². The summed E-state index contributed by atoms with van der Waals surface area (Å²) in [4.78, 5) is 5.97. The Kier molecular flexibility index (Phi) is 4.85. The smallest absolute Gasteiger partial charge is 0.355 e. The maximum absolute atomic E-state index is 13.0. The number of rotatable bonds is 4. The number of halogens is 3. The van der Waals surface area contributed by atoms with Gasteiger partial charge in [-0.2, -0.15) is 13.2 Å². The van der Waals surface area contributed by atoms with E-state index in [1.54, 1.807) is 37.6 Å². The molecule has 7 heteroatoms. The standard InChI is InChI=1S/C15H15F3N2OS/c1-20(10-11-5-7-12(8-6-11)22(2)21)14-13(15(16,17)18)4-3-9-19-14/h3-9H,10H2,1-2H3/t22-/m0/s1. The molecule has 22 heavy (non-hydrogen) atoms. The van der Waals surface area contributed by atoms with Crippen molar-refractivity contribution in [2.75, 3.05) is 18.2 Å². The molecule has 118 valence electrons. The lowest BCUT2D eigenvalue weighted by atomic mass is 10.2. The molecule has 0 spiro atoms. The van der Waals surface area contributed by atoms with Crippen LogP contribution in [0, 0.1) is 0 Å². The summed E-state index contributed by atoms with van der Waals surface area (Å²) in [5.41, 5.74) is 0.0549. The number of aromatic nitrogens is 1. The molecule has 0 N–H and O–H groups in total. The van der Waals surface area contributed by atoms with Crippen molar-refractivity contribution in [3.63, 3.8) is 0 Å². The number of alkyl halides is 3. The fourth-order valence-corrected chi connectivity index (χ4v) is 2.58. The first kappa shape index (κ1) is 16.5. The van der Waals surface area contributed by atoms with Crippen molar-refractivity contribution in [3.05, 3.63) is 53.7 Å². The van der Waals surface area contributed by atoms with Crippen molar-refractivity contribution in [2.45, 2.75) is 17.6 Å². The molecule has 1 heterocycles. The van der Waals surface area contributed by atoms with Crippen LogP contribution in [-0.2, 0) is 23.5 Å². The second kappa shape index (κ2) is 6.48. The minimum atomic E-state index is -4.44. The fourth-order valence-electron chi connectivity index (χ4n) is 2.06. The second-order valence-corrected chi connectivity index (χ2v) is 6.21. The van der Waals surface area contributed by atoms with Crippen molar-refractivity contribution < 1.29 is 17.4 Å². The summed E-state index contributed by atoms with van der Waals surface area (Å²) in [5, 5.41) is 0. The molecule has 0 aliphatic heterocycles. The average molecular weight is 328 g/mol. The zero-order chi connectivity index (χ0) is 16.3. The molecule has 0 radical (unpaired) electrons. The van der Waals surface area contributed by atoms with E-state index in [-0.39, 0.29) is 12.4 Å². The SMILES string of the molecule is CN(Cc1ccc([S@](C)=O)cc1)c1ncccc1C(F)(F)F. The van der Waals surface area contributed by atoms with Gasteiger partial charge < -0.3 is 4.90 Å². The van der Waals surface area contributed by atoms with E-state index in [0.29, 0.717) is 4.90 Å². The van der Waals surface area contributed by atoms with Crippen LogP contribution in [0.25, 0.3) is 0 Å². The van der Waals surface area contributed by atoms with Crippen LogP contribution in [0.1, 0.15) is 11.1 Å². The minimum Gasteiger partial charge on any atom is -0.355 e. The molecule has 0 aliphatic carbocycles. The molecule has 0 aliphatic rings. The third kappa shape index (κ3) is 3.85. The van der Waals surface area contributed by atoms with Gasteiger partial charge in [-0.1, -0.05) is 12.1 Å². The van der Waals surface area contributed by atoms with Crippen LogP contribution in [0.5, 0.6) is 0 Å². The molecule has 2 aromatic rings. The number of anilines is 1. The number of hydrogen-bond acceptors (Lipinski definition) is 3. The van der Waals surface area contributed by atoms with Gasteiger partial charge in [-0.05, 0) is 29.8 Å². The zero-order valence-electron chi connectivity index (χ0n) is 12.1. The number of benzene rings is 1. The molecule has 0 fully saturated rings. The number of nitrogens with zero attached hydrogens (tertiary/aromatic N) is 2. The Morgan fingerprint density at radius 2 is 1.82 bits per heavy atom. The third-order valence-corrected chi connectivity index (χ3v) is 4.06. The van der Waals surface area contributed by atoms with Gasteiger partial charge in [0, 0.05) is 41.7 Å². The van der Waals surface area contributed by atoms with Crippen LogP contribution in [0.3, 0.4) is 0 Å². The molecule has 0 amide bonds. The summed E-state index contributed by atoms with van der Waals surface area (Å²) >= 11 is 0. The Morgan fingerprint density at radius 3 is 2.36 bits per heavy atom. The van der Waals surface area contributed by atoms with E-state index in [0.717, 1.165) is 11.6 Å². The van der Waals surface area contributed by atoms with E-state index in [1.165, 1.54) is 17.2 Å². The summed E-state index contributed by atoms with van der Waals surface area (Å²) in [6, 6.07) is 9.21. The predicted octanol–water partition coefficient (Wildman–Crippen LogP) is 3.47. The maximum atomic E-state index is 13.0. The van der Waals surface area contributed by atoms with E-state index < -0.39 is 22.5 Å². The van der Waals surface area contributed by atoms with Gasteiger partial charge in [0.2, 0.25) is 0 Å². The Balaban J connectivity index is 2.22. The monoisotopic (exact) mass is 328 g/mol. The highest BCUT2D eigenvalue weighted by Crippen LogP contribution is 2.35. The van der Waals surface area contributed by atoms with Gasteiger partial charge in [0.15, 0.2) is 0 Å². The van der Waals surface area contributed by atoms with Crippen LogP contribution in [0.15, 0.2) is 47.5 Å². The van der Waals surface area contributed by atoms with Crippen LogP contribution < -0.4 is 4.90 Å². The van der Waals surface area contributed by atoms with Crippen molar-refractivity contribution in [1.82, 2.24) is 4.98 Å². The highest BCUT2D eigenvalue weighted by Gasteiger charge is 2.35. The Hall–Kier alpha value is -1.89. The molecule has 0 saturated carbocycles. The summed E-state index contributed by atoms with van der Waals surface area (Å²) in [6.45, 7) is 0.275. The van der Waals surface area contributed by atoms with E-state index in [9.17, 15) is 17.4 Å². The van der Waals surface area contributed by atoms with Crippen LogP contribution >= 0.6 is 0 Å². The van der Waals surface area contributed by atoms with Crippen LogP contribution in [0.2, 0.25) is 0 Å². The maximum Gasteiger partial charge on any atom is 0.419 e. The van der Waals surface area contributed by atoms with Crippen LogP contribution in [-0.4, -0.2) is 22.5 Å². The van der Waals surface area contributed by atoms with Gasteiger partial charge in [0.1, 0.15) is 5.82 Å². The van der Waals surface area contributed by atoms with Gasteiger partial charge in [-0.15, -0.1) is 0 Å². The zero-order valence-corrected chi connectivity index (χ0v) is 12.9. The van der Waals surface area contributed by atoms with E-state index in [1.807, 2.05) is 0 Å². The van der Waals surface area contributed by atoms with Gasteiger partial charge >= 0.3 is 6.18 Å². The first-order valence-corrected chi connectivity index (χ1v) is 8.00. The number of hydrogen-bond donors (Lipinski definition) is 0. The lowest BCUT2D eigenvalue weighted by Crippen LogP contribution is -2.22. The normalized spacial score (nSPS) is 13.0. The second-order valence-electron chi connectivity index (χ2n) is 4.83. The lowest BCUT2D eigenvalue weighted by molar-refractivity contribution is -0.137. The van der Waals surface area contributed by atoms with Crippen molar-refractivity contribution in [1.29, 1.82) is 0 Å². The van der Waals surface area contributed by atoms with E-state index in [4.69, 9.17) is 0 Å². The molecule has 0 saturated heterocycles. The third-order valence-electron chi connectivity index (χ3n) is 3.13. The summed E-state index contributed by atoms with van der Waals surface area (Å²) in [7, 11) is 0.483. The quantitative estimate of drug-likeness (QED) is 0.861. The highest BCUT2D eigenvalue weighted by atomic mass is 32.2. The molecule has 1 aromatic carbocycles. The van der Waals surface area contributed by atoms with Crippen molar-refractivity contribution in [2.24, 2.45) is 0 Å². The summed E-state index contributed by atoms with van der Waals surface area (Å²) < 4.78 is 50.3. The van der Waals surface area contributed by atoms with Gasteiger partial charge in [-0.25, -0.2) is 4.98 Å². The van der Waals surface area contributed by atoms with E-state index in [2.05, 4.69) is 4.98 Å². The lowest BCUT2D eigenvalue weighted by Gasteiger charge is -2.22. The van der Waals surface area contributed by atoms with Gasteiger partial charge in [0.25, 0.3) is 0 Å².